The number of phenolic OH excluding ortho intramolecular Hbond substituents is 1. The van der Waals surface area contributed by atoms with Crippen LogP contribution < -0.4 is 0 Å². The standard InChI is InChI=1S/C20H30O/c1-15(2)6-5-12-20-11-4-3-7-19(20)18-9-8-17(21)14-16(18)10-13-20/h8-9,14-15,19,21H,3-7,10-13H2,1-2H3. The lowest BCUT2D eigenvalue weighted by molar-refractivity contribution is 0.106. The van der Waals surface area contributed by atoms with E-state index in [1.807, 2.05) is 12.1 Å². The topological polar surface area (TPSA) is 20.2 Å². The van der Waals surface area contributed by atoms with E-state index in [1.165, 1.54) is 63.4 Å². The lowest BCUT2D eigenvalue weighted by Gasteiger charge is -2.49. The van der Waals surface area contributed by atoms with Crippen LogP contribution in [0.15, 0.2) is 18.2 Å². The Labute approximate surface area is 129 Å². The molecule has 1 aromatic carbocycles. The third kappa shape index (κ3) is 2.98. The SMILES string of the molecule is CC(C)CCCC12CCCCC1c1ccc(O)cc1CC2. The number of aromatic hydroxyl groups is 1. The quantitative estimate of drug-likeness (QED) is 0.740. The Balaban J connectivity index is 1.83. The molecular weight excluding hydrogens is 256 g/mol. The first-order chi connectivity index (χ1) is 10.1. The number of hydrogen-bond donors (Lipinski definition) is 1. The van der Waals surface area contributed by atoms with Crippen molar-refractivity contribution in [2.24, 2.45) is 11.3 Å². The highest BCUT2D eigenvalue weighted by Gasteiger charge is 2.43. The molecule has 2 unspecified atom stereocenters. The minimum absolute atomic E-state index is 0.442. The van der Waals surface area contributed by atoms with E-state index < -0.39 is 0 Å². The number of fused-ring (bicyclic) bond motifs is 3. The van der Waals surface area contributed by atoms with Gasteiger partial charge in [-0.3, -0.25) is 0 Å². The van der Waals surface area contributed by atoms with Crippen LogP contribution in [-0.2, 0) is 6.42 Å². The molecule has 0 heterocycles. The van der Waals surface area contributed by atoms with Crippen molar-refractivity contribution in [3.8, 4) is 5.75 Å². The van der Waals surface area contributed by atoms with Crippen molar-refractivity contribution in [3.05, 3.63) is 29.3 Å². The normalized spacial score (nSPS) is 28.2. The molecule has 2 atom stereocenters. The molecule has 1 aromatic rings. The Morgan fingerprint density at radius 3 is 2.90 bits per heavy atom. The highest BCUT2D eigenvalue weighted by Crippen LogP contribution is 2.56. The first-order valence-corrected chi connectivity index (χ1v) is 8.92. The lowest BCUT2D eigenvalue weighted by atomic mass is 9.56. The molecule has 1 heteroatoms. The van der Waals surface area contributed by atoms with Crippen LogP contribution in [0.2, 0.25) is 0 Å². The summed E-state index contributed by atoms with van der Waals surface area (Å²) in [6.45, 7) is 4.68. The number of rotatable bonds is 4. The summed E-state index contributed by atoms with van der Waals surface area (Å²) in [5, 5.41) is 9.75. The average molecular weight is 286 g/mol. The molecular formula is C20H30O. The zero-order chi connectivity index (χ0) is 14.9. The molecule has 2 aliphatic rings. The number of benzene rings is 1. The van der Waals surface area contributed by atoms with Crippen molar-refractivity contribution in [1.82, 2.24) is 0 Å². The van der Waals surface area contributed by atoms with Gasteiger partial charge in [0.15, 0.2) is 0 Å². The summed E-state index contributed by atoms with van der Waals surface area (Å²) in [5.41, 5.74) is 3.54. The zero-order valence-electron chi connectivity index (χ0n) is 13.7. The fourth-order valence-corrected chi connectivity index (χ4v) is 4.91. The van der Waals surface area contributed by atoms with E-state index in [9.17, 15) is 5.11 Å². The summed E-state index contributed by atoms with van der Waals surface area (Å²) in [4.78, 5) is 0. The molecule has 116 valence electrons. The smallest absolute Gasteiger partial charge is 0.115 e. The lowest BCUT2D eigenvalue weighted by Crippen LogP contribution is -2.36. The highest BCUT2D eigenvalue weighted by atomic mass is 16.3. The van der Waals surface area contributed by atoms with Gasteiger partial charge in [0.05, 0.1) is 0 Å². The summed E-state index contributed by atoms with van der Waals surface area (Å²) in [6.07, 6.45) is 12.3. The Kier molecular flexibility index (Phi) is 4.28. The number of hydrogen-bond acceptors (Lipinski definition) is 1. The van der Waals surface area contributed by atoms with E-state index in [0.29, 0.717) is 11.2 Å². The van der Waals surface area contributed by atoms with Crippen LogP contribution >= 0.6 is 0 Å². The highest BCUT2D eigenvalue weighted by molar-refractivity contribution is 5.40. The van der Waals surface area contributed by atoms with Crippen LogP contribution in [-0.4, -0.2) is 5.11 Å². The van der Waals surface area contributed by atoms with Gasteiger partial charge in [0.25, 0.3) is 0 Å². The van der Waals surface area contributed by atoms with Crippen molar-refractivity contribution in [2.75, 3.05) is 0 Å². The molecule has 3 rings (SSSR count). The second-order valence-electron chi connectivity index (χ2n) is 7.83. The second kappa shape index (κ2) is 6.02. The van der Waals surface area contributed by atoms with Gasteiger partial charge in [0, 0.05) is 0 Å². The summed E-state index contributed by atoms with van der Waals surface area (Å²) >= 11 is 0. The van der Waals surface area contributed by atoms with Gasteiger partial charge in [-0.05, 0) is 72.6 Å². The minimum atomic E-state index is 0.442. The molecule has 0 saturated heterocycles. The Bertz CT molecular complexity index is 491. The van der Waals surface area contributed by atoms with E-state index in [4.69, 9.17) is 0 Å². The molecule has 1 fully saturated rings. The van der Waals surface area contributed by atoms with E-state index in [1.54, 1.807) is 5.56 Å². The van der Waals surface area contributed by atoms with E-state index in [2.05, 4.69) is 19.9 Å². The predicted molar refractivity (Wildman–Crippen MR) is 88.8 cm³/mol. The minimum Gasteiger partial charge on any atom is -0.508 e. The molecule has 0 aromatic heterocycles. The Hall–Kier alpha value is -0.980. The average Bonchev–Trinajstić information content (AvgIpc) is 2.46. The largest absolute Gasteiger partial charge is 0.508 e. The summed E-state index contributed by atoms with van der Waals surface area (Å²) in [5.74, 6) is 2.02. The van der Waals surface area contributed by atoms with E-state index in [0.717, 1.165) is 11.8 Å². The fraction of sp³-hybridized carbons (Fsp3) is 0.700. The van der Waals surface area contributed by atoms with Gasteiger partial charge >= 0.3 is 0 Å². The molecule has 0 bridgehead atoms. The molecule has 1 nitrogen and oxygen atoms in total. The monoisotopic (exact) mass is 286 g/mol. The van der Waals surface area contributed by atoms with Gasteiger partial charge in [-0.15, -0.1) is 0 Å². The van der Waals surface area contributed by atoms with Crippen LogP contribution in [0.4, 0.5) is 0 Å². The maximum Gasteiger partial charge on any atom is 0.115 e. The van der Waals surface area contributed by atoms with Crippen LogP contribution in [0.5, 0.6) is 5.75 Å². The van der Waals surface area contributed by atoms with Crippen molar-refractivity contribution in [2.45, 2.75) is 77.6 Å². The van der Waals surface area contributed by atoms with Gasteiger partial charge in [-0.2, -0.15) is 0 Å². The zero-order valence-corrected chi connectivity index (χ0v) is 13.7. The molecule has 1 saturated carbocycles. The molecule has 0 radical (unpaired) electrons. The Morgan fingerprint density at radius 1 is 1.24 bits per heavy atom. The van der Waals surface area contributed by atoms with Crippen molar-refractivity contribution < 1.29 is 5.11 Å². The summed E-state index contributed by atoms with van der Waals surface area (Å²) in [7, 11) is 0. The number of aryl methyl sites for hydroxylation is 1. The summed E-state index contributed by atoms with van der Waals surface area (Å²) < 4.78 is 0. The first kappa shape index (κ1) is 14.9. The second-order valence-corrected chi connectivity index (χ2v) is 7.83. The predicted octanol–water partition coefficient (Wildman–Crippen LogP) is 5.81. The molecule has 21 heavy (non-hydrogen) atoms. The maximum absolute atomic E-state index is 9.75. The van der Waals surface area contributed by atoms with E-state index in [-0.39, 0.29) is 0 Å². The van der Waals surface area contributed by atoms with Gasteiger partial charge in [0.1, 0.15) is 5.75 Å². The molecule has 2 aliphatic carbocycles. The Morgan fingerprint density at radius 2 is 2.10 bits per heavy atom. The summed E-state index contributed by atoms with van der Waals surface area (Å²) in [6, 6.07) is 6.14. The molecule has 0 spiro atoms. The first-order valence-electron chi connectivity index (χ1n) is 8.92. The number of phenols is 1. The van der Waals surface area contributed by atoms with E-state index >= 15 is 0 Å². The fourth-order valence-electron chi connectivity index (χ4n) is 4.91. The van der Waals surface area contributed by atoms with Crippen LogP contribution in [0, 0.1) is 11.3 Å². The van der Waals surface area contributed by atoms with Crippen molar-refractivity contribution in [1.29, 1.82) is 0 Å². The van der Waals surface area contributed by atoms with Crippen LogP contribution in [0.25, 0.3) is 0 Å². The van der Waals surface area contributed by atoms with Crippen molar-refractivity contribution >= 4 is 0 Å². The van der Waals surface area contributed by atoms with Crippen molar-refractivity contribution in [3.63, 3.8) is 0 Å². The van der Waals surface area contributed by atoms with Gasteiger partial charge in [-0.1, -0.05) is 45.6 Å². The van der Waals surface area contributed by atoms with Gasteiger partial charge < -0.3 is 5.11 Å². The van der Waals surface area contributed by atoms with Gasteiger partial charge in [0.2, 0.25) is 0 Å². The van der Waals surface area contributed by atoms with Crippen LogP contribution in [0.1, 0.15) is 82.3 Å². The van der Waals surface area contributed by atoms with Crippen LogP contribution in [0.3, 0.4) is 0 Å². The molecule has 1 N–H and O–H groups in total. The van der Waals surface area contributed by atoms with Gasteiger partial charge in [-0.25, -0.2) is 0 Å². The third-order valence-corrected chi connectivity index (χ3v) is 6.01. The molecule has 0 amide bonds. The third-order valence-electron chi connectivity index (χ3n) is 6.01. The molecule has 0 aliphatic heterocycles. The maximum atomic E-state index is 9.75.